The maximum atomic E-state index is 13.3. The Morgan fingerprint density at radius 2 is 1.81 bits per heavy atom. The van der Waals surface area contributed by atoms with Crippen molar-refractivity contribution in [3.8, 4) is 5.75 Å². The molecule has 0 spiro atoms. The Bertz CT molecular complexity index is 997. The van der Waals surface area contributed by atoms with Crippen molar-refractivity contribution in [2.24, 2.45) is 0 Å². The van der Waals surface area contributed by atoms with Gasteiger partial charge in [-0.3, -0.25) is 9.59 Å². The van der Waals surface area contributed by atoms with E-state index in [1.807, 2.05) is 19.0 Å². The highest BCUT2D eigenvalue weighted by atomic mass is 19.1. The molecule has 0 bridgehead atoms. The number of halogens is 1. The molecule has 1 amide bonds. The Balaban J connectivity index is 2.07. The van der Waals surface area contributed by atoms with Gasteiger partial charge in [0, 0.05) is 18.7 Å². The molecule has 0 aliphatic carbocycles. The Kier molecular flexibility index (Phi) is 6.87. The van der Waals surface area contributed by atoms with E-state index in [4.69, 9.17) is 4.74 Å². The molecule has 0 saturated carbocycles. The topological polar surface area (TPSA) is 70.1 Å². The highest BCUT2D eigenvalue weighted by molar-refractivity contribution is 6.46. The van der Waals surface area contributed by atoms with Crippen LogP contribution in [0.3, 0.4) is 0 Å². The van der Waals surface area contributed by atoms with Gasteiger partial charge in [0.05, 0.1) is 11.6 Å². The largest absolute Gasteiger partial charge is 0.507 e. The molecule has 162 valence electrons. The maximum absolute atomic E-state index is 13.3. The van der Waals surface area contributed by atoms with Gasteiger partial charge in [0.15, 0.2) is 0 Å². The van der Waals surface area contributed by atoms with Crippen LogP contribution in [0.2, 0.25) is 0 Å². The molecule has 1 heterocycles. The molecule has 1 aliphatic rings. The average Bonchev–Trinajstić information content (AvgIpc) is 3.01. The van der Waals surface area contributed by atoms with Crippen LogP contribution in [-0.2, 0) is 9.59 Å². The van der Waals surface area contributed by atoms with Crippen molar-refractivity contribution in [2.75, 3.05) is 33.8 Å². The fraction of sp³-hybridized carbons (Fsp3) is 0.250. The second kappa shape index (κ2) is 9.57. The minimum atomic E-state index is -0.766. The zero-order chi connectivity index (χ0) is 22.5. The Morgan fingerprint density at radius 3 is 2.39 bits per heavy atom. The van der Waals surface area contributed by atoms with E-state index in [-0.39, 0.29) is 16.9 Å². The summed E-state index contributed by atoms with van der Waals surface area (Å²) in [5, 5.41) is 10.9. The zero-order valence-electron chi connectivity index (χ0n) is 17.5. The van der Waals surface area contributed by atoms with E-state index in [0.29, 0.717) is 31.0 Å². The van der Waals surface area contributed by atoms with Gasteiger partial charge in [-0.15, -0.1) is 0 Å². The van der Waals surface area contributed by atoms with Gasteiger partial charge in [-0.05, 0) is 56.1 Å². The first-order valence-corrected chi connectivity index (χ1v) is 9.86. The van der Waals surface area contributed by atoms with Crippen LogP contribution in [-0.4, -0.2) is 60.4 Å². The number of likely N-dealkylation sites (N-methyl/N-ethyl adjacent to an activating group) is 1. The summed E-state index contributed by atoms with van der Waals surface area (Å²) < 4.78 is 18.8. The van der Waals surface area contributed by atoms with Crippen LogP contribution in [0.1, 0.15) is 17.2 Å². The second-order valence-electron chi connectivity index (χ2n) is 7.47. The molecule has 6 nitrogen and oxygen atoms in total. The van der Waals surface area contributed by atoms with Gasteiger partial charge in [0.1, 0.15) is 23.9 Å². The van der Waals surface area contributed by atoms with Crippen LogP contribution in [0, 0.1) is 5.82 Å². The smallest absolute Gasteiger partial charge is 0.295 e. The van der Waals surface area contributed by atoms with Gasteiger partial charge in [-0.1, -0.05) is 24.8 Å². The summed E-state index contributed by atoms with van der Waals surface area (Å²) >= 11 is 0. The van der Waals surface area contributed by atoms with Crippen LogP contribution in [0.4, 0.5) is 4.39 Å². The fourth-order valence-electron chi connectivity index (χ4n) is 3.43. The number of carbonyl (C=O) groups excluding carboxylic acids is 2. The molecule has 1 N–H and O–H groups in total. The number of likely N-dealkylation sites (tertiary alicyclic amines) is 1. The van der Waals surface area contributed by atoms with Crippen LogP contribution < -0.4 is 4.74 Å². The molecule has 1 saturated heterocycles. The third-order valence-corrected chi connectivity index (χ3v) is 5.01. The minimum absolute atomic E-state index is 0.0184. The number of aliphatic hydroxyl groups excluding tert-OH is 1. The van der Waals surface area contributed by atoms with Crippen molar-refractivity contribution >= 4 is 17.4 Å². The highest BCUT2D eigenvalue weighted by Gasteiger charge is 2.45. The third kappa shape index (κ3) is 4.83. The van der Waals surface area contributed by atoms with Crippen LogP contribution in [0.5, 0.6) is 5.75 Å². The number of carbonyl (C=O) groups is 2. The number of amides is 1. The number of rotatable bonds is 8. The van der Waals surface area contributed by atoms with E-state index < -0.39 is 23.5 Å². The molecule has 1 fully saturated rings. The Morgan fingerprint density at radius 1 is 1.16 bits per heavy atom. The van der Waals surface area contributed by atoms with E-state index in [1.54, 1.807) is 30.3 Å². The summed E-state index contributed by atoms with van der Waals surface area (Å²) in [5.74, 6) is -1.62. The average molecular weight is 424 g/mol. The summed E-state index contributed by atoms with van der Waals surface area (Å²) in [4.78, 5) is 29.1. The summed E-state index contributed by atoms with van der Waals surface area (Å²) in [6.07, 6.45) is 1.63. The number of aliphatic hydroxyl groups is 1. The number of Topliss-reactive ketones (excluding diaryl/α,β-unsaturated/α-hetero) is 1. The molecule has 0 aromatic heterocycles. The normalized spacial score (nSPS) is 17.9. The van der Waals surface area contributed by atoms with E-state index >= 15 is 0 Å². The van der Waals surface area contributed by atoms with Crippen LogP contribution in [0.15, 0.2) is 66.8 Å². The molecular formula is C24H25FN2O4. The molecule has 1 unspecified atom stereocenters. The van der Waals surface area contributed by atoms with Gasteiger partial charge >= 0.3 is 0 Å². The molecule has 2 aromatic rings. The number of hydrogen-bond acceptors (Lipinski definition) is 5. The lowest BCUT2D eigenvalue weighted by molar-refractivity contribution is -0.140. The quantitative estimate of drug-likeness (QED) is 0.305. The van der Waals surface area contributed by atoms with Crippen molar-refractivity contribution in [3.05, 3.63) is 83.7 Å². The monoisotopic (exact) mass is 424 g/mol. The molecule has 0 radical (unpaired) electrons. The Labute approximate surface area is 180 Å². The highest BCUT2D eigenvalue weighted by Crippen LogP contribution is 2.39. The van der Waals surface area contributed by atoms with E-state index in [2.05, 4.69) is 6.58 Å². The number of ketones is 1. The molecule has 31 heavy (non-hydrogen) atoms. The first-order valence-electron chi connectivity index (χ1n) is 9.86. The fourth-order valence-corrected chi connectivity index (χ4v) is 3.43. The lowest BCUT2D eigenvalue weighted by Gasteiger charge is -2.26. The van der Waals surface area contributed by atoms with Crippen LogP contribution in [0.25, 0.3) is 5.76 Å². The van der Waals surface area contributed by atoms with E-state index in [9.17, 15) is 19.1 Å². The van der Waals surface area contributed by atoms with Crippen molar-refractivity contribution in [3.63, 3.8) is 0 Å². The SMILES string of the molecule is C=CCOc1ccc(C2/C(=C(/O)c3ccc(F)cc3)C(=O)C(=O)N2CCN(C)C)cc1. The standard InChI is InChI=1S/C24H25FN2O4/c1-4-15-31-19-11-7-16(8-12-19)21-20(22(28)17-5-9-18(25)10-6-17)23(29)24(30)27(21)14-13-26(2)3/h4-12,21,28H,1,13-15H2,2-3H3/b22-20-. The van der Waals surface area contributed by atoms with Crippen LogP contribution >= 0.6 is 0 Å². The molecule has 2 aromatic carbocycles. The van der Waals surface area contributed by atoms with Gasteiger partial charge in [-0.2, -0.15) is 0 Å². The van der Waals surface area contributed by atoms with E-state index in [0.717, 1.165) is 0 Å². The second-order valence-corrected chi connectivity index (χ2v) is 7.47. The number of ether oxygens (including phenoxy) is 1. The zero-order valence-corrected chi connectivity index (χ0v) is 17.5. The van der Waals surface area contributed by atoms with Crippen molar-refractivity contribution in [1.29, 1.82) is 0 Å². The molecule has 1 atom stereocenters. The lowest BCUT2D eigenvalue weighted by Crippen LogP contribution is -2.35. The van der Waals surface area contributed by atoms with Gasteiger partial charge in [-0.25, -0.2) is 4.39 Å². The minimum Gasteiger partial charge on any atom is -0.507 e. The molecular weight excluding hydrogens is 399 g/mol. The number of nitrogens with zero attached hydrogens (tertiary/aromatic N) is 2. The summed E-state index contributed by atoms with van der Waals surface area (Å²) in [5.41, 5.74) is 0.908. The van der Waals surface area contributed by atoms with Crippen molar-refractivity contribution in [2.45, 2.75) is 6.04 Å². The molecule has 7 heteroatoms. The Hall–Kier alpha value is -3.45. The number of benzene rings is 2. The molecule has 1 aliphatic heterocycles. The molecule has 3 rings (SSSR count). The van der Waals surface area contributed by atoms with Crippen molar-refractivity contribution in [1.82, 2.24) is 9.80 Å². The maximum Gasteiger partial charge on any atom is 0.295 e. The van der Waals surface area contributed by atoms with E-state index in [1.165, 1.54) is 29.2 Å². The summed E-state index contributed by atoms with van der Waals surface area (Å²) in [6, 6.07) is 11.4. The predicted octanol–water partition coefficient (Wildman–Crippen LogP) is 3.37. The first kappa shape index (κ1) is 22.2. The summed E-state index contributed by atoms with van der Waals surface area (Å²) in [7, 11) is 3.74. The number of hydrogen-bond donors (Lipinski definition) is 1. The van der Waals surface area contributed by atoms with Gasteiger partial charge in [0.2, 0.25) is 0 Å². The lowest BCUT2D eigenvalue weighted by atomic mass is 9.95. The predicted molar refractivity (Wildman–Crippen MR) is 116 cm³/mol. The van der Waals surface area contributed by atoms with Gasteiger partial charge in [0.25, 0.3) is 11.7 Å². The van der Waals surface area contributed by atoms with Gasteiger partial charge < -0.3 is 19.6 Å². The summed E-state index contributed by atoms with van der Waals surface area (Å²) in [6.45, 7) is 4.81. The third-order valence-electron chi connectivity index (χ3n) is 5.01. The first-order chi connectivity index (χ1) is 14.8. The van der Waals surface area contributed by atoms with Crippen molar-refractivity contribution < 1.29 is 23.8 Å².